The first-order valence-corrected chi connectivity index (χ1v) is 8.68. The van der Waals surface area contributed by atoms with E-state index in [1.54, 1.807) is 7.11 Å². The van der Waals surface area contributed by atoms with Crippen molar-refractivity contribution in [1.29, 1.82) is 0 Å². The largest absolute Gasteiger partial charge is 0.494 e. The van der Waals surface area contributed by atoms with E-state index in [1.807, 2.05) is 49.4 Å². The first-order chi connectivity index (χ1) is 12.1. The maximum Gasteiger partial charge on any atom is 0.220 e. The molecule has 0 spiro atoms. The minimum absolute atomic E-state index is 0.0213. The van der Waals surface area contributed by atoms with Gasteiger partial charge in [-0.1, -0.05) is 35.9 Å². The summed E-state index contributed by atoms with van der Waals surface area (Å²) in [6, 6.07) is 13.6. The van der Waals surface area contributed by atoms with Gasteiger partial charge in [0.1, 0.15) is 5.75 Å². The van der Waals surface area contributed by atoms with Crippen molar-refractivity contribution in [3.8, 4) is 5.75 Å². The number of carbonyl (C=O) groups is 1. The second-order valence-corrected chi connectivity index (χ2v) is 6.30. The van der Waals surface area contributed by atoms with Gasteiger partial charge in [0.2, 0.25) is 5.91 Å². The van der Waals surface area contributed by atoms with Gasteiger partial charge >= 0.3 is 0 Å². The third-order valence-electron chi connectivity index (χ3n) is 3.74. The van der Waals surface area contributed by atoms with Gasteiger partial charge in [-0.25, -0.2) is 0 Å². The van der Waals surface area contributed by atoms with E-state index in [2.05, 4.69) is 5.32 Å². The predicted octanol–water partition coefficient (Wildman–Crippen LogP) is 4.27. The summed E-state index contributed by atoms with van der Waals surface area (Å²) >= 11 is 5.98. The van der Waals surface area contributed by atoms with Crippen LogP contribution in [-0.4, -0.2) is 19.6 Å². The maximum absolute atomic E-state index is 11.9. The quantitative estimate of drug-likeness (QED) is 0.678. The van der Waals surface area contributed by atoms with Crippen molar-refractivity contribution >= 4 is 17.5 Å². The number of nitrogens with one attached hydrogen (secondary N) is 1. The molecule has 2 aromatic carbocycles. The summed E-state index contributed by atoms with van der Waals surface area (Å²) in [6.07, 6.45) is 1.10. The molecule has 0 radical (unpaired) electrons. The monoisotopic (exact) mass is 361 g/mol. The molecule has 0 aromatic heterocycles. The summed E-state index contributed by atoms with van der Waals surface area (Å²) in [7, 11) is 1.67. The summed E-state index contributed by atoms with van der Waals surface area (Å²) in [6.45, 7) is 3.53. The molecule has 0 saturated heterocycles. The molecular formula is C20H24ClNO3. The van der Waals surface area contributed by atoms with Gasteiger partial charge < -0.3 is 14.8 Å². The van der Waals surface area contributed by atoms with E-state index >= 15 is 0 Å². The average molecular weight is 362 g/mol. The van der Waals surface area contributed by atoms with Gasteiger partial charge in [-0.15, -0.1) is 0 Å². The fraction of sp³-hybridized carbons (Fsp3) is 0.350. The van der Waals surface area contributed by atoms with Crippen LogP contribution >= 0.6 is 11.6 Å². The smallest absolute Gasteiger partial charge is 0.220 e. The molecule has 0 atom stereocenters. The van der Waals surface area contributed by atoms with Gasteiger partial charge in [0.25, 0.3) is 0 Å². The van der Waals surface area contributed by atoms with Crippen molar-refractivity contribution in [3.05, 3.63) is 64.2 Å². The first kappa shape index (κ1) is 19.3. The lowest BCUT2D eigenvalue weighted by atomic mass is 10.1. The lowest BCUT2D eigenvalue weighted by molar-refractivity contribution is -0.121. The van der Waals surface area contributed by atoms with Crippen molar-refractivity contribution in [2.45, 2.75) is 32.9 Å². The number of rotatable bonds is 9. The molecule has 0 saturated carbocycles. The summed E-state index contributed by atoms with van der Waals surface area (Å²) in [5.74, 6) is 0.797. The number of hydrogen-bond acceptors (Lipinski definition) is 3. The maximum atomic E-state index is 11.9. The lowest BCUT2D eigenvalue weighted by Crippen LogP contribution is -2.23. The summed E-state index contributed by atoms with van der Waals surface area (Å²) in [5.41, 5.74) is 3.14. The SMILES string of the molecule is COCc1cccc(CNC(=O)CCCOc2ccc(Cl)c(C)c2)c1. The van der Waals surface area contributed by atoms with Gasteiger partial charge in [0, 0.05) is 25.1 Å². The Morgan fingerprint density at radius 3 is 2.72 bits per heavy atom. The van der Waals surface area contributed by atoms with Crippen LogP contribution in [0, 0.1) is 6.92 Å². The highest BCUT2D eigenvalue weighted by Crippen LogP contribution is 2.21. The molecule has 0 aliphatic heterocycles. The number of amides is 1. The van der Waals surface area contributed by atoms with E-state index in [-0.39, 0.29) is 5.91 Å². The normalized spacial score (nSPS) is 10.5. The number of ether oxygens (including phenoxy) is 2. The second kappa shape index (κ2) is 10.1. The molecule has 2 aromatic rings. The first-order valence-electron chi connectivity index (χ1n) is 8.31. The molecule has 0 aliphatic rings. The van der Waals surface area contributed by atoms with E-state index < -0.39 is 0 Å². The van der Waals surface area contributed by atoms with Gasteiger partial charge in [-0.3, -0.25) is 4.79 Å². The fourth-order valence-corrected chi connectivity index (χ4v) is 2.53. The van der Waals surface area contributed by atoms with Gasteiger partial charge in [0.15, 0.2) is 0 Å². The zero-order chi connectivity index (χ0) is 18.1. The van der Waals surface area contributed by atoms with Crippen LogP contribution in [0.1, 0.15) is 29.5 Å². The Hall–Kier alpha value is -2.04. The van der Waals surface area contributed by atoms with Crippen molar-refractivity contribution in [2.24, 2.45) is 0 Å². The van der Waals surface area contributed by atoms with Crippen LogP contribution in [0.25, 0.3) is 0 Å². The van der Waals surface area contributed by atoms with Crippen LogP contribution in [0.2, 0.25) is 5.02 Å². The molecule has 25 heavy (non-hydrogen) atoms. The van der Waals surface area contributed by atoms with E-state index in [0.29, 0.717) is 32.6 Å². The zero-order valence-corrected chi connectivity index (χ0v) is 15.4. The molecule has 2 rings (SSSR count). The van der Waals surface area contributed by atoms with Crippen LogP contribution in [0.5, 0.6) is 5.75 Å². The molecule has 1 amide bonds. The van der Waals surface area contributed by atoms with Gasteiger partial charge in [-0.2, -0.15) is 0 Å². The Balaban J connectivity index is 1.67. The Morgan fingerprint density at radius 1 is 1.16 bits per heavy atom. The summed E-state index contributed by atoms with van der Waals surface area (Å²) < 4.78 is 10.8. The molecule has 0 fully saturated rings. The number of methoxy groups -OCH3 is 1. The number of aryl methyl sites for hydroxylation is 1. The molecule has 4 nitrogen and oxygen atoms in total. The Bertz CT molecular complexity index is 703. The molecule has 134 valence electrons. The molecule has 0 aliphatic carbocycles. The number of hydrogen-bond donors (Lipinski definition) is 1. The Morgan fingerprint density at radius 2 is 1.96 bits per heavy atom. The lowest BCUT2D eigenvalue weighted by Gasteiger charge is -2.09. The molecule has 5 heteroatoms. The van der Waals surface area contributed by atoms with Crippen LogP contribution in [0.3, 0.4) is 0 Å². The molecule has 0 heterocycles. The van der Waals surface area contributed by atoms with E-state index in [9.17, 15) is 4.79 Å². The fourth-order valence-electron chi connectivity index (χ4n) is 2.41. The number of halogens is 1. The van der Waals surface area contributed by atoms with Crippen molar-refractivity contribution in [2.75, 3.05) is 13.7 Å². The average Bonchev–Trinajstić information content (AvgIpc) is 2.60. The summed E-state index contributed by atoms with van der Waals surface area (Å²) in [4.78, 5) is 11.9. The molecular weight excluding hydrogens is 338 g/mol. The Labute approximate surface area is 154 Å². The zero-order valence-electron chi connectivity index (χ0n) is 14.7. The number of benzene rings is 2. The molecule has 0 bridgehead atoms. The second-order valence-electron chi connectivity index (χ2n) is 5.89. The minimum atomic E-state index is 0.0213. The van der Waals surface area contributed by atoms with Gasteiger partial charge in [-0.05, 0) is 48.2 Å². The molecule has 0 unspecified atom stereocenters. The third kappa shape index (κ3) is 6.77. The van der Waals surface area contributed by atoms with Crippen molar-refractivity contribution in [1.82, 2.24) is 5.32 Å². The van der Waals surface area contributed by atoms with Gasteiger partial charge in [0.05, 0.1) is 13.2 Å². The minimum Gasteiger partial charge on any atom is -0.494 e. The highest BCUT2D eigenvalue weighted by atomic mass is 35.5. The van der Waals surface area contributed by atoms with Crippen LogP contribution in [-0.2, 0) is 22.7 Å². The summed E-state index contributed by atoms with van der Waals surface area (Å²) in [5, 5.41) is 3.65. The topological polar surface area (TPSA) is 47.6 Å². The Kier molecular flexibility index (Phi) is 7.76. The molecule has 1 N–H and O–H groups in total. The third-order valence-corrected chi connectivity index (χ3v) is 4.16. The standard InChI is InChI=1S/C20H24ClNO3/c1-15-11-18(8-9-19(15)21)25-10-4-7-20(23)22-13-16-5-3-6-17(12-16)14-24-2/h3,5-6,8-9,11-12H,4,7,10,13-14H2,1-2H3,(H,22,23). The van der Waals surface area contributed by atoms with Crippen LogP contribution in [0.15, 0.2) is 42.5 Å². The predicted molar refractivity (Wildman–Crippen MR) is 99.9 cm³/mol. The number of carbonyl (C=O) groups excluding carboxylic acids is 1. The van der Waals surface area contributed by atoms with Crippen molar-refractivity contribution in [3.63, 3.8) is 0 Å². The highest BCUT2D eigenvalue weighted by molar-refractivity contribution is 6.31. The van der Waals surface area contributed by atoms with E-state index in [1.165, 1.54) is 0 Å². The van der Waals surface area contributed by atoms with Crippen molar-refractivity contribution < 1.29 is 14.3 Å². The highest BCUT2D eigenvalue weighted by Gasteiger charge is 2.03. The van der Waals surface area contributed by atoms with Crippen LogP contribution < -0.4 is 10.1 Å². The van der Waals surface area contributed by atoms with E-state index in [0.717, 1.165) is 27.5 Å². The van der Waals surface area contributed by atoms with Crippen LogP contribution in [0.4, 0.5) is 0 Å². The van der Waals surface area contributed by atoms with E-state index in [4.69, 9.17) is 21.1 Å².